The highest BCUT2D eigenvalue weighted by atomic mass is 31.2. The fraction of sp³-hybridized carbons (Fsp3) is 0.933. The van der Waals surface area contributed by atoms with E-state index < -0.39 is 20.8 Å². The van der Waals surface area contributed by atoms with Crippen LogP contribution in [-0.4, -0.2) is 59.5 Å². The van der Waals surface area contributed by atoms with Crippen LogP contribution in [0.15, 0.2) is 0 Å². The number of hydrogen-bond donors (Lipinski definition) is 1. The zero-order chi connectivity index (χ0) is 16.9. The second kappa shape index (κ2) is 9.02. The van der Waals surface area contributed by atoms with Gasteiger partial charge in [0, 0.05) is 25.7 Å². The second-order valence-electron chi connectivity index (χ2n) is 5.84. The van der Waals surface area contributed by atoms with Crippen molar-refractivity contribution in [3.8, 4) is 0 Å². The van der Waals surface area contributed by atoms with Crippen LogP contribution in [0, 0.1) is 6.57 Å². The Hall–Kier alpha value is -0.240. The molecule has 0 amide bonds. The lowest BCUT2D eigenvalue weighted by Gasteiger charge is -2.44. The minimum absolute atomic E-state index is 0.247. The largest absolute Gasteiger partial charge is 0.390 e. The van der Waals surface area contributed by atoms with E-state index in [4.69, 9.17) is 17.2 Å². The molecule has 0 aromatic rings. The van der Waals surface area contributed by atoms with E-state index in [1.54, 1.807) is 0 Å². The highest BCUT2D eigenvalue weighted by Crippen LogP contribution is 2.53. The van der Waals surface area contributed by atoms with Crippen molar-refractivity contribution in [3.05, 3.63) is 11.4 Å². The normalized spacial score (nSPS) is 32.3. The van der Waals surface area contributed by atoms with Crippen molar-refractivity contribution in [2.45, 2.75) is 71.0 Å². The molecule has 0 aromatic carbocycles. The molecular formula is C15H29N2O3P. The van der Waals surface area contributed by atoms with E-state index in [0.717, 1.165) is 0 Å². The minimum Gasteiger partial charge on any atom is -0.390 e. The first-order valence-electron chi connectivity index (χ1n) is 8.14. The quantitative estimate of drug-likeness (QED) is 0.445. The van der Waals surface area contributed by atoms with Crippen LogP contribution in [0.4, 0.5) is 0 Å². The minimum atomic E-state index is -1.17. The van der Waals surface area contributed by atoms with Gasteiger partial charge in [0.05, 0.1) is 12.2 Å². The lowest BCUT2D eigenvalue weighted by molar-refractivity contribution is -0.0630. The number of rotatable bonds is 7. The average molecular weight is 317 g/mol. The Morgan fingerprint density at radius 1 is 1.48 bits per heavy atom. The lowest BCUT2D eigenvalue weighted by atomic mass is 10.1. The zero-order valence-electron chi connectivity index (χ0n) is 14.7. The molecule has 21 heavy (non-hydrogen) atoms. The maximum atomic E-state index is 10.6. The molecule has 1 heterocycles. The Morgan fingerprint density at radius 3 is 2.62 bits per heavy atom. The summed E-state index contributed by atoms with van der Waals surface area (Å²) in [6, 6.07) is 0.494. The summed E-state index contributed by atoms with van der Waals surface area (Å²) in [6.07, 6.45) is -1.51. The van der Waals surface area contributed by atoms with Crippen molar-refractivity contribution in [3.63, 3.8) is 0 Å². The van der Waals surface area contributed by atoms with Crippen molar-refractivity contribution in [2.75, 3.05) is 19.8 Å². The number of aliphatic hydroxyl groups excluding tert-OH is 1. The van der Waals surface area contributed by atoms with Crippen LogP contribution in [0.2, 0.25) is 0 Å². The Kier molecular flexibility index (Phi) is 7.36. The van der Waals surface area contributed by atoms with Crippen LogP contribution in [0.5, 0.6) is 0 Å². The summed E-state index contributed by atoms with van der Waals surface area (Å²) in [7, 11) is -1.17. The van der Waals surface area contributed by atoms with Gasteiger partial charge in [-0.1, -0.05) is 0 Å². The molecule has 0 aromatic heterocycles. The van der Waals surface area contributed by atoms with Gasteiger partial charge in [-0.3, -0.25) is 4.67 Å². The summed E-state index contributed by atoms with van der Waals surface area (Å²) < 4.78 is 22.0. The van der Waals surface area contributed by atoms with Crippen LogP contribution in [-0.2, 0) is 9.26 Å². The maximum absolute atomic E-state index is 10.6. The van der Waals surface area contributed by atoms with Gasteiger partial charge in [0.1, 0.15) is 14.9 Å². The van der Waals surface area contributed by atoms with Gasteiger partial charge in [0.25, 0.3) is 0 Å². The van der Waals surface area contributed by atoms with E-state index >= 15 is 0 Å². The highest BCUT2D eigenvalue weighted by molar-refractivity contribution is 7.51. The fourth-order valence-electron chi connectivity index (χ4n) is 2.58. The van der Waals surface area contributed by atoms with Crippen LogP contribution in [0.25, 0.3) is 4.85 Å². The zero-order valence-corrected chi connectivity index (χ0v) is 14.6. The first kappa shape index (κ1) is 17.1. The molecule has 5 nitrogen and oxygen atoms in total. The molecule has 0 aliphatic carbocycles. The molecule has 0 bridgehead atoms. The molecule has 1 fully saturated rings. The molecule has 0 radical (unpaired) electrons. The Morgan fingerprint density at radius 2 is 2.10 bits per heavy atom. The van der Waals surface area contributed by atoms with Gasteiger partial charge in [0.2, 0.25) is 6.54 Å². The third kappa shape index (κ3) is 5.16. The van der Waals surface area contributed by atoms with E-state index in [2.05, 4.69) is 37.2 Å². The number of ether oxygens (including phenoxy) is 1. The molecule has 1 aliphatic rings. The Balaban J connectivity index is 3.03. The molecule has 1 N–H and O–H groups in total. The monoisotopic (exact) mass is 317 g/mol. The topological polar surface area (TPSA) is 46.3 Å². The van der Waals surface area contributed by atoms with Gasteiger partial charge in [-0.2, -0.15) is 0 Å². The molecule has 5 atom stereocenters. The van der Waals surface area contributed by atoms with Crippen molar-refractivity contribution < 1.29 is 15.7 Å². The summed E-state index contributed by atoms with van der Waals surface area (Å²) in [4.78, 5) is 3.34. The van der Waals surface area contributed by atoms with Crippen molar-refractivity contribution >= 4 is 8.30 Å². The summed E-state index contributed by atoms with van der Waals surface area (Å²) in [5.41, 5.74) is -0.283. The Bertz CT molecular complexity index is 370. The van der Waals surface area contributed by atoms with Gasteiger partial charge in [-0.05, 0) is 41.0 Å². The summed E-state index contributed by atoms with van der Waals surface area (Å²) in [5.74, 6) is 0. The summed E-state index contributed by atoms with van der Waals surface area (Å²) >= 11 is 0. The van der Waals surface area contributed by atoms with Gasteiger partial charge < -0.3 is 19.2 Å². The summed E-state index contributed by atoms with van der Waals surface area (Å²) in [6.45, 7) is 18.1. The van der Waals surface area contributed by atoms with Crippen molar-refractivity contribution in [2.24, 2.45) is 0 Å². The van der Waals surface area contributed by atoms with Crippen LogP contribution < -0.4 is 0 Å². The van der Waals surface area contributed by atoms with Crippen molar-refractivity contribution in [1.82, 2.24) is 4.67 Å². The molecule has 3 unspecified atom stereocenters. The summed E-state index contributed by atoms with van der Waals surface area (Å²) in [5, 5.41) is 10.6. The predicted octanol–water partition coefficient (Wildman–Crippen LogP) is 2.89. The third-order valence-corrected chi connectivity index (χ3v) is 6.35. The number of nitrogens with zero attached hydrogens (tertiary/aromatic N) is 2. The first-order chi connectivity index (χ1) is 10.3. The predicted molar refractivity (Wildman–Crippen MR) is 86.3 cm³/mol. The third-order valence-electron chi connectivity index (χ3n) is 3.50. The smallest absolute Gasteiger partial charge is 0.238 e. The molecule has 1 saturated heterocycles. The first-order valence-corrected chi connectivity index (χ1v) is 8.84. The van der Waals surface area contributed by atoms with Crippen LogP contribution in [0.1, 0.15) is 42.4 Å². The van der Waals surface area contributed by atoms with Crippen molar-refractivity contribution in [1.29, 1.82) is 0 Å². The molecule has 6 heteroatoms. The van der Waals surface area contributed by atoms with E-state index in [0.29, 0.717) is 19.8 Å². The number of aliphatic hydroxyl groups is 1. The van der Waals surface area contributed by atoms with E-state index in [9.17, 15) is 5.11 Å². The lowest BCUT2D eigenvalue weighted by Crippen LogP contribution is -2.46. The van der Waals surface area contributed by atoms with Crippen LogP contribution >= 0.6 is 8.30 Å². The van der Waals surface area contributed by atoms with E-state index in [-0.39, 0.29) is 23.8 Å². The highest BCUT2D eigenvalue weighted by Gasteiger charge is 2.41. The molecule has 1 rings (SSSR count). The van der Waals surface area contributed by atoms with Gasteiger partial charge in [-0.15, -0.1) is 0 Å². The van der Waals surface area contributed by atoms with Crippen LogP contribution in [0.3, 0.4) is 0 Å². The maximum Gasteiger partial charge on any atom is 0.238 e. The van der Waals surface area contributed by atoms with E-state index in [1.165, 1.54) is 0 Å². The Labute approximate surface area is 131 Å². The molecular weight excluding hydrogens is 287 g/mol. The molecule has 1 aliphatic heterocycles. The van der Waals surface area contributed by atoms with E-state index in [1.807, 2.05) is 6.92 Å². The number of hydrogen-bond acceptors (Lipinski definition) is 4. The van der Waals surface area contributed by atoms with Gasteiger partial charge >= 0.3 is 0 Å². The molecule has 0 saturated carbocycles. The standard InChI is InChI=1S/C15H29N2O3P/c1-11(2)17(12(3)4)21(20-10-8-16-6)14-7-9-19-13(5)15(14)18/h11-15,18H,7-10H2,1-5H3/t13-,14?,15?,21?/m0/s1/i7D/t7-,13-,14?,15?,21?. The SMILES string of the molecule is [2H][C@H]1CO[C@@H](C)C(O)C1P(OCC[N+]#[C-])N(C(C)C)C(C)C. The van der Waals surface area contributed by atoms with Gasteiger partial charge in [-0.25, -0.2) is 6.57 Å². The second-order valence-corrected chi connectivity index (χ2v) is 7.76. The molecule has 122 valence electrons. The average Bonchev–Trinajstić information content (AvgIpc) is 2.42. The van der Waals surface area contributed by atoms with Gasteiger partial charge in [0.15, 0.2) is 0 Å². The molecule has 0 spiro atoms. The fourth-order valence-corrected chi connectivity index (χ4v) is 5.14.